The molecule has 0 aromatic heterocycles. The highest BCUT2D eigenvalue weighted by atomic mass is 35.5. The molecule has 0 spiro atoms. The number of amides is 1. The Bertz CT molecular complexity index is 697. The SMILES string of the molecule is NCCC(=O)NCC1CCCCN1S(=O)(=O)c1cc(Cl)ccc1Cl. The normalized spacial score (nSPS) is 19.2. The van der Waals surface area contributed by atoms with Crippen LogP contribution in [0, 0.1) is 0 Å². The molecule has 134 valence electrons. The summed E-state index contributed by atoms with van der Waals surface area (Å²) in [6.45, 7) is 0.912. The number of carbonyl (C=O) groups excluding carboxylic acids is 1. The van der Waals surface area contributed by atoms with Crippen LogP contribution in [0.3, 0.4) is 0 Å². The fourth-order valence-corrected chi connectivity index (χ4v) is 5.18. The Balaban J connectivity index is 2.22. The number of nitrogens with zero attached hydrogens (tertiary/aromatic N) is 1. The molecular formula is C15H21Cl2N3O3S. The zero-order chi connectivity index (χ0) is 17.7. The van der Waals surface area contributed by atoms with Crippen molar-refractivity contribution in [1.82, 2.24) is 9.62 Å². The lowest BCUT2D eigenvalue weighted by molar-refractivity contribution is -0.121. The van der Waals surface area contributed by atoms with Gasteiger partial charge in [0.1, 0.15) is 4.90 Å². The Labute approximate surface area is 152 Å². The van der Waals surface area contributed by atoms with E-state index in [1.54, 1.807) is 6.07 Å². The second-order valence-corrected chi connectivity index (χ2v) is 8.39. The average Bonchev–Trinajstić information content (AvgIpc) is 2.55. The van der Waals surface area contributed by atoms with Crippen LogP contribution in [0.2, 0.25) is 10.0 Å². The predicted molar refractivity (Wildman–Crippen MR) is 94.7 cm³/mol. The molecule has 0 saturated carbocycles. The van der Waals surface area contributed by atoms with E-state index < -0.39 is 10.0 Å². The van der Waals surface area contributed by atoms with E-state index in [-0.39, 0.29) is 41.4 Å². The lowest BCUT2D eigenvalue weighted by Gasteiger charge is -2.35. The van der Waals surface area contributed by atoms with Crippen LogP contribution in [0.1, 0.15) is 25.7 Å². The first-order valence-electron chi connectivity index (χ1n) is 7.80. The summed E-state index contributed by atoms with van der Waals surface area (Å²) < 4.78 is 27.4. The van der Waals surface area contributed by atoms with Crippen LogP contribution in [0.5, 0.6) is 0 Å². The summed E-state index contributed by atoms with van der Waals surface area (Å²) in [5.41, 5.74) is 5.35. The minimum Gasteiger partial charge on any atom is -0.354 e. The Morgan fingerprint density at radius 3 is 2.79 bits per heavy atom. The smallest absolute Gasteiger partial charge is 0.244 e. The molecule has 1 aliphatic rings. The molecule has 1 unspecified atom stereocenters. The summed E-state index contributed by atoms with van der Waals surface area (Å²) in [5.74, 6) is -0.179. The molecule has 1 fully saturated rings. The molecule has 0 radical (unpaired) electrons. The third kappa shape index (κ3) is 4.61. The first-order chi connectivity index (χ1) is 11.4. The van der Waals surface area contributed by atoms with E-state index in [0.717, 1.165) is 12.8 Å². The summed E-state index contributed by atoms with van der Waals surface area (Å²) >= 11 is 12.0. The van der Waals surface area contributed by atoms with Gasteiger partial charge in [-0.3, -0.25) is 4.79 Å². The number of nitrogens with two attached hydrogens (primary N) is 1. The summed E-state index contributed by atoms with van der Waals surface area (Å²) in [6, 6.07) is 4.07. The summed E-state index contributed by atoms with van der Waals surface area (Å²) in [6.07, 6.45) is 2.58. The molecule has 2 rings (SSSR count). The number of benzene rings is 1. The van der Waals surface area contributed by atoms with E-state index in [0.29, 0.717) is 18.0 Å². The fraction of sp³-hybridized carbons (Fsp3) is 0.533. The van der Waals surface area contributed by atoms with Gasteiger partial charge in [-0.15, -0.1) is 0 Å². The zero-order valence-electron chi connectivity index (χ0n) is 13.2. The highest BCUT2D eigenvalue weighted by molar-refractivity contribution is 7.89. The van der Waals surface area contributed by atoms with Crippen molar-refractivity contribution >= 4 is 39.1 Å². The molecule has 1 heterocycles. The van der Waals surface area contributed by atoms with Crippen LogP contribution in [-0.2, 0) is 14.8 Å². The van der Waals surface area contributed by atoms with Gasteiger partial charge in [-0.25, -0.2) is 8.42 Å². The van der Waals surface area contributed by atoms with Gasteiger partial charge in [0.2, 0.25) is 15.9 Å². The molecule has 24 heavy (non-hydrogen) atoms. The van der Waals surface area contributed by atoms with Gasteiger partial charge in [-0.05, 0) is 31.0 Å². The average molecular weight is 394 g/mol. The van der Waals surface area contributed by atoms with E-state index in [4.69, 9.17) is 28.9 Å². The van der Waals surface area contributed by atoms with Crippen molar-refractivity contribution in [3.63, 3.8) is 0 Å². The van der Waals surface area contributed by atoms with Gasteiger partial charge >= 0.3 is 0 Å². The van der Waals surface area contributed by atoms with Crippen molar-refractivity contribution in [3.8, 4) is 0 Å². The van der Waals surface area contributed by atoms with Gasteiger partial charge in [0.15, 0.2) is 0 Å². The van der Waals surface area contributed by atoms with E-state index >= 15 is 0 Å². The molecule has 3 N–H and O–H groups in total. The van der Waals surface area contributed by atoms with E-state index in [2.05, 4.69) is 5.32 Å². The van der Waals surface area contributed by atoms with Gasteiger partial charge in [0.25, 0.3) is 0 Å². The lowest BCUT2D eigenvalue weighted by atomic mass is 10.1. The molecule has 0 bridgehead atoms. The Hall–Kier alpha value is -0.860. The Morgan fingerprint density at radius 1 is 1.33 bits per heavy atom. The third-order valence-electron chi connectivity index (χ3n) is 3.96. The molecule has 1 amide bonds. The minimum absolute atomic E-state index is 0.00292. The Kier molecular flexibility index (Phi) is 6.88. The first-order valence-corrected chi connectivity index (χ1v) is 9.99. The molecule has 1 saturated heterocycles. The number of sulfonamides is 1. The van der Waals surface area contributed by atoms with Crippen molar-refractivity contribution in [1.29, 1.82) is 0 Å². The van der Waals surface area contributed by atoms with Gasteiger partial charge in [0.05, 0.1) is 5.02 Å². The van der Waals surface area contributed by atoms with Gasteiger partial charge < -0.3 is 11.1 Å². The number of nitrogens with one attached hydrogen (secondary N) is 1. The molecule has 1 aromatic carbocycles. The van der Waals surface area contributed by atoms with Crippen LogP contribution < -0.4 is 11.1 Å². The van der Waals surface area contributed by atoms with Crippen molar-refractivity contribution in [2.75, 3.05) is 19.6 Å². The highest BCUT2D eigenvalue weighted by Crippen LogP contribution is 2.31. The van der Waals surface area contributed by atoms with Gasteiger partial charge in [-0.2, -0.15) is 4.31 Å². The maximum absolute atomic E-state index is 13.0. The predicted octanol–water partition coefficient (Wildman–Crippen LogP) is 2.00. The molecule has 6 nitrogen and oxygen atoms in total. The maximum atomic E-state index is 13.0. The van der Waals surface area contributed by atoms with Crippen LogP contribution in [0.15, 0.2) is 23.1 Å². The minimum atomic E-state index is -3.78. The molecule has 9 heteroatoms. The quantitative estimate of drug-likeness (QED) is 0.772. The van der Waals surface area contributed by atoms with Crippen molar-refractivity contribution < 1.29 is 13.2 Å². The van der Waals surface area contributed by atoms with E-state index in [1.165, 1.54) is 16.4 Å². The number of hydrogen-bond acceptors (Lipinski definition) is 4. The highest BCUT2D eigenvalue weighted by Gasteiger charge is 2.34. The monoisotopic (exact) mass is 393 g/mol. The summed E-state index contributed by atoms with van der Waals surface area (Å²) in [7, 11) is -3.78. The van der Waals surface area contributed by atoms with Crippen LogP contribution >= 0.6 is 23.2 Å². The number of piperidine rings is 1. The second-order valence-electron chi connectivity index (χ2n) is 5.68. The number of rotatable bonds is 6. The number of hydrogen-bond donors (Lipinski definition) is 2. The molecule has 1 aliphatic heterocycles. The topological polar surface area (TPSA) is 92.5 Å². The molecule has 1 aromatic rings. The van der Waals surface area contributed by atoms with Crippen LogP contribution in [0.25, 0.3) is 0 Å². The lowest BCUT2D eigenvalue weighted by Crippen LogP contribution is -2.49. The summed E-state index contributed by atoms with van der Waals surface area (Å²) in [5, 5.41) is 3.19. The Morgan fingerprint density at radius 2 is 2.08 bits per heavy atom. The largest absolute Gasteiger partial charge is 0.354 e. The van der Waals surface area contributed by atoms with Crippen molar-refractivity contribution in [2.45, 2.75) is 36.6 Å². The number of carbonyl (C=O) groups is 1. The van der Waals surface area contributed by atoms with E-state index in [1.807, 2.05) is 0 Å². The fourth-order valence-electron chi connectivity index (χ4n) is 2.75. The first kappa shape index (κ1) is 19.5. The van der Waals surface area contributed by atoms with Gasteiger partial charge in [0, 0.05) is 37.1 Å². The molecule has 0 aliphatic carbocycles. The molecule has 1 atom stereocenters. The van der Waals surface area contributed by atoms with Crippen LogP contribution in [-0.4, -0.2) is 44.3 Å². The molecular weight excluding hydrogens is 373 g/mol. The second kappa shape index (κ2) is 8.49. The summed E-state index contributed by atoms with van der Waals surface area (Å²) in [4.78, 5) is 11.6. The maximum Gasteiger partial charge on any atom is 0.244 e. The zero-order valence-corrected chi connectivity index (χ0v) is 15.5. The van der Waals surface area contributed by atoms with Crippen molar-refractivity contribution in [3.05, 3.63) is 28.2 Å². The van der Waals surface area contributed by atoms with Gasteiger partial charge in [-0.1, -0.05) is 29.6 Å². The van der Waals surface area contributed by atoms with Crippen molar-refractivity contribution in [2.24, 2.45) is 5.73 Å². The van der Waals surface area contributed by atoms with E-state index in [9.17, 15) is 13.2 Å². The standard InChI is InChI=1S/C15H21Cl2N3O3S/c16-11-4-5-13(17)14(9-11)24(22,23)20-8-2-1-3-12(20)10-19-15(21)6-7-18/h4-5,9,12H,1-3,6-8,10,18H2,(H,19,21). The van der Waals surface area contributed by atoms with Crippen LogP contribution in [0.4, 0.5) is 0 Å². The number of halogens is 2. The third-order valence-corrected chi connectivity index (χ3v) is 6.63.